The fraction of sp³-hybridized carbons (Fsp3) is 0.133. The van der Waals surface area contributed by atoms with Gasteiger partial charge in [0.15, 0.2) is 5.16 Å². The summed E-state index contributed by atoms with van der Waals surface area (Å²) in [4.78, 5) is 20.1. The summed E-state index contributed by atoms with van der Waals surface area (Å²) in [6, 6.07) is 7.24. The van der Waals surface area contributed by atoms with Crippen LogP contribution in [0.1, 0.15) is 5.56 Å². The van der Waals surface area contributed by atoms with Gasteiger partial charge in [0.2, 0.25) is 5.91 Å². The molecule has 0 spiro atoms. The molecule has 0 aliphatic rings. The van der Waals surface area contributed by atoms with E-state index in [9.17, 15) is 4.79 Å². The van der Waals surface area contributed by atoms with Gasteiger partial charge in [0.25, 0.3) is 0 Å². The average molecular weight is 301 g/mol. The lowest BCUT2D eigenvalue weighted by atomic mass is 10.2. The third kappa shape index (κ3) is 4.32. The summed E-state index contributed by atoms with van der Waals surface area (Å²) >= 11 is 1.47. The number of nitrogens with one attached hydrogen (secondary N) is 1. The molecule has 0 bridgehead atoms. The molecule has 0 saturated heterocycles. The summed E-state index contributed by atoms with van der Waals surface area (Å²) in [5.41, 5.74) is 1.40. The van der Waals surface area contributed by atoms with Crippen molar-refractivity contribution in [3.8, 4) is 5.75 Å². The zero-order chi connectivity index (χ0) is 15.1. The first-order chi connectivity index (χ1) is 10.2. The smallest absolute Gasteiger partial charge is 0.248 e. The molecular weight excluding hydrogens is 286 g/mol. The summed E-state index contributed by atoms with van der Waals surface area (Å²) in [7, 11) is 1.56. The minimum Gasteiger partial charge on any atom is -0.495 e. The van der Waals surface area contributed by atoms with Crippen molar-refractivity contribution in [3.63, 3.8) is 0 Å². The molecule has 0 fully saturated rings. The summed E-state index contributed by atoms with van der Waals surface area (Å²) in [5, 5.41) is 3.46. The molecule has 6 heteroatoms. The largest absolute Gasteiger partial charge is 0.495 e. The number of carbonyl (C=O) groups excluding carboxylic acids is 1. The Morgan fingerprint density at radius 2 is 2.00 bits per heavy atom. The normalized spacial score (nSPS) is 10.6. The standard InChI is InChI=1S/C15H15N3O2S/c1-20-13-6-4-3-5-12(13)18-14(19)8-7-11-9-16-15(21-2)17-10-11/h3-10H,1-2H3,(H,18,19)/b8-7+. The molecule has 0 radical (unpaired) electrons. The van der Waals surface area contributed by atoms with Gasteiger partial charge in [-0.2, -0.15) is 0 Å². The molecule has 1 aromatic heterocycles. The third-order valence-electron chi connectivity index (χ3n) is 2.62. The quantitative estimate of drug-likeness (QED) is 0.522. The zero-order valence-corrected chi connectivity index (χ0v) is 12.6. The van der Waals surface area contributed by atoms with Crippen molar-refractivity contribution in [1.29, 1.82) is 0 Å². The highest BCUT2D eigenvalue weighted by molar-refractivity contribution is 7.98. The Kier molecular flexibility index (Phi) is 5.34. The molecule has 21 heavy (non-hydrogen) atoms. The van der Waals surface area contributed by atoms with E-state index in [1.165, 1.54) is 17.8 Å². The number of ether oxygens (including phenoxy) is 1. The fourth-order valence-corrected chi connectivity index (χ4v) is 1.93. The monoisotopic (exact) mass is 301 g/mol. The van der Waals surface area contributed by atoms with E-state index in [1.54, 1.807) is 37.7 Å². The van der Waals surface area contributed by atoms with E-state index < -0.39 is 0 Å². The molecule has 2 rings (SSSR count). The molecule has 108 valence electrons. The summed E-state index contributed by atoms with van der Waals surface area (Å²) < 4.78 is 5.17. The van der Waals surface area contributed by atoms with Crippen molar-refractivity contribution in [2.75, 3.05) is 18.7 Å². The molecule has 2 aromatic rings. The van der Waals surface area contributed by atoms with Crippen LogP contribution >= 0.6 is 11.8 Å². The Balaban J connectivity index is 2.02. The Morgan fingerprint density at radius 1 is 1.29 bits per heavy atom. The van der Waals surface area contributed by atoms with E-state index >= 15 is 0 Å². The number of nitrogens with zero attached hydrogens (tertiary/aromatic N) is 2. The number of hydrogen-bond donors (Lipinski definition) is 1. The second kappa shape index (κ2) is 7.44. The molecule has 0 saturated carbocycles. The van der Waals surface area contributed by atoms with Crippen molar-refractivity contribution in [2.24, 2.45) is 0 Å². The Morgan fingerprint density at radius 3 is 2.67 bits per heavy atom. The molecule has 1 N–H and O–H groups in total. The fourth-order valence-electron chi connectivity index (χ4n) is 1.61. The van der Waals surface area contributed by atoms with Crippen LogP contribution in [-0.4, -0.2) is 29.2 Å². The first kappa shape index (κ1) is 15.1. The molecule has 0 atom stereocenters. The number of rotatable bonds is 5. The van der Waals surface area contributed by atoms with Crippen LogP contribution in [0, 0.1) is 0 Å². The molecule has 0 aliphatic carbocycles. The maximum Gasteiger partial charge on any atom is 0.248 e. The van der Waals surface area contributed by atoms with Crippen LogP contribution < -0.4 is 10.1 Å². The maximum absolute atomic E-state index is 11.9. The number of methoxy groups -OCH3 is 1. The average Bonchev–Trinajstić information content (AvgIpc) is 2.54. The van der Waals surface area contributed by atoms with Crippen LogP contribution in [0.5, 0.6) is 5.75 Å². The van der Waals surface area contributed by atoms with E-state index in [0.29, 0.717) is 16.6 Å². The van der Waals surface area contributed by atoms with Crippen LogP contribution in [-0.2, 0) is 4.79 Å². The second-order valence-electron chi connectivity index (χ2n) is 4.03. The lowest BCUT2D eigenvalue weighted by molar-refractivity contribution is -0.111. The minimum atomic E-state index is -0.242. The van der Waals surface area contributed by atoms with Gasteiger partial charge >= 0.3 is 0 Å². The molecule has 0 unspecified atom stereocenters. The van der Waals surface area contributed by atoms with E-state index in [4.69, 9.17) is 4.74 Å². The number of anilines is 1. The van der Waals surface area contributed by atoms with Gasteiger partial charge in [-0.3, -0.25) is 4.79 Å². The summed E-state index contributed by atoms with van der Waals surface area (Å²) in [6.07, 6.45) is 8.35. The van der Waals surface area contributed by atoms with Gasteiger partial charge in [-0.05, 0) is 24.5 Å². The van der Waals surface area contributed by atoms with Crippen molar-refractivity contribution >= 4 is 29.4 Å². The lowest BCUT2D eigenvalue weighted by Crippen LogP contribution is -2.08. The Hall–Kier alpha value is -2.34. The predicted octanol–water partition coefficient (Wildman–Crippen LogP) is 2.86. The van der Waals surface area contributed by atoms with E-state index in [0.717, 1.165) is 5.56 Å². The molecular formula is C15H15N3O2S. The van der Waals surface area contributed by atoms with Crippen molar-refractivity contribution in [1.82, 2.24) is 9.97 Å². The summed E-state index contributed by atoms with van der Waals surface area (Å²) in [6.45, 7) is 0. The van der Waals surface area contributed by atoms with Crippen LogP contribution in [0.3, 0.4) is 0 Å². The zero-order valence-electron chi connectivity index (χ0n) is 11.7. The Bertz CT molecular complexity index is 642. The summed E-state index contributed by atoms with van der Waals surface area (Å²) in [5.74, 6) is 0.375. The lowest BCUT2D eigenvalue weighted by Gasteiger charge is -2.07. The minimum absolute atomic E-state index is 0.242. The maximum atomic E-state index is 11.9. The topological polar surface area (TPSA) is 64.1 Å². The van der Waals surface area contributed by atoms with Crippen LogP contribution in [0.2, 0.25) is 0 Å². The third-order valence-corrected chi connectivity index (χ3v) is 3.20. The first-order valence-corrected chi connectivity index (χ1v) is 7.43. The second-order valence-corrected chi connectivity index (χ2v) is 4.80. The number of amides is 1. The number of aromatic nitrogens is 2. The van der Waals surface area contributed by atoms with Gasteiger partial charge in [0.1, 0.15) is 5.75 Å². The van der Waals surface area contributed by atoms with Gasteiger partial charge in [-0.25, -0.2) is 9.97 Å². The van der Waals surface area contributed by atoms with Gasteiger partial charge in [0.05, 0.1) is 12.8 Å². The van der Waals surface area contributed by atoms with Gasteiger partial charge in [0, 0.05) is 24.0 Å². The van der Waals surface area contributed by atoms with Crippen molar-refractivity contribution < 1.29 is 9.53 Å². The molecule has 5 nitrogen and oxygen atoms in total. The molecule has 1 aromatic carbocycles. The highest BCUT2D eigenvalue weighted by atomic mass is 32.2. The van der Waals surface area contributed by atoms with E-state index in [2.05, 4.69) is 15.3 Å². The van der Waals surface area contributed by atoms with Crippen LogP contribution in [0.4, 0.5) is 5.69 Å². The number of hydrogen-bond acceptors (Lipinski definition) is 5. The SMILES string of the molecule is COc1ccccc1NC(=O)/C=C/c1cnc(SC)nc1. The highest BCUT2D eigenvalue weighted by Gasteiger charge is 2.03. The predicted molar refractivity (Wildman–Crippen MR) is 84.5 cm³/mol. The number of carbonyl (C=O) groups is 1. The van der Waals surface area contributed by atoms with Gasteiger partial charge in [-0.15, -0.1) is 0 Å². The number of thioether (sulfide) groups is 1. The van der Waals surface area contributed by atoms with Gasteiger partial charge < -0.3 is 10.1 Å². The van der Waals surface area contributed by atoms with Crippen LogP contribution in [0.25, 0.3) is 6.08 Å². The van der Waals surface area contributed by atoms with E-state index in [1.807, 2.05) is 18.4 Å². The Labute approximate surface area is 127 Å². The highest BCUT2D eigenvalue weighted by Crippen LogP contribution is 2.22. The van der Waals surface area contributed by atoms with Crippen LogP contribution in [0.15, 0.2) is 47.9 Å². The molecule has 1 amide bonds. The van der Waals surface area contributed by atoms with Gasteiger partial charge in [-0.1, -0.05) is 23.9 Å². The first-order valence-electron chi connectivity index (χ1n) is 6.21. The molecule has 0 aliphatic heterocycles. The van der Waals surface area contributed by atoms with Crippen molar-refractivity contribution in [2.45, 2.75) is 5.16 Å². The molecule has 1 heterocycles. The number of benzene rings is 1. The number of para-hydroxylation sites is 2. The van der Waals surface area contributed by atoms with Crippen molar-refractivity contribution in [3.05, 3.63) is 48.3 Å². The van der Waals surface area contributed by atoms with E-state index in [-0.39, 0.29) is 5.91 Å².